The van der Waals surface area contributed by atoms with Gasteiger partial charge in [-0.1, -0.05) is 89.5 Å². The summed E-state index contributed by atoms with van der Waals surface area (Å²) in [5.41, 5.74) is 2.67. The zero-order valence-corrected chi connectivity index (χ0v) is 18.8. The number of unbranched alkanes of at least 4 members (excludes halogenated alkanes) is 5. The summed E-state index contributed by atoms with van der Waals surface area (Å²) in [6, 6.07) is 9.04. The third-order valence-corrected chi connectivity index (χ3v) is 7.34. The van der Waals surface area contributed by atoms with Crippen molar-refractivity contribution in [3.05, 3.63) is 35.4 Å². The van der Waals surface area contributed by atoms with Gasteiger partial charge in [0.1, 0.15) is 6.10 Å². The average molecular weight is 399 g/mol. The molecule has 1 saturated carbocycles. The Hall–Kier alpha value is -1.31. The molecular weight excluding hydrogens is 356 g/mol. The smallest absolute Gasteiger partial charge is 0.309 e. The van der Waals surface area contributed by atoms with E-state index in [4.69, 9.17) is 4.74 Å². The molecule has 1 saturated heterocycles. The third kappa shape index (κ3) is 6.59. The van der Waals surface area contributed by atoms with E-state index in [2.05, 4.69) is 38.1 Å². The summed E-state index contributed by atoms with van der Waals surface area (Å²) in [7, 11) is 0. The first-order valence-electron chi connectivity index (χ1n) is 12.5. The van der Waals surface area contributed by atoms with Crippen LogP contribution in [0.3, 0.4) is 0 Å². The number of hydrogen-bond donors (Lipinski definition) is 0. The Balaban J connectivity index is 1.42. The van der Waals surface area contributed by atoms with Gasteiger partial charge in [-0.2, -0.15) is 0 Å². The molecule has 1 aliphatic heterocycles. The van der Waals surface area contributed by atoms with E-state index in [1.165, 1.54) is 75.3 Å². The Kier molecular flexibility index (Phi) is 9.08. The number of ether oxygens (including phenoxy) is 1. The molecule has 3 rings (SSSR count). The minimum atomic E-state index is -0.0261. The van der Waals surface area contributed by atoms with Crippen LogP contribution in [0.25, 0.3) is 0 Å². The molecule has 1 heterocycles. The summed E-state index contributed by atoms with van der Waals surface area (Å²) in [4.78, 5) is 12.1. The van der Waals surface area contributed by atoms with Crippen molar-refractivity contribution in [2.24, 2.45) is 11.8 Å². The number of carbonyl (C=O) groups excluding carboxylic acids is 1. The predicted molar refractivity (Wildman–Crippen MR) is 121 cm³/mol. The minimum Gasteiger partial charge on any atom is -0.457 e. The first-order chi connectivity index (χ1) is 14.2. The van der Waals surface area contributed by atoms with E-state index >= 15 is 0 Å². The zero-order chi connectivity index (χ0) is 20.5. The van der Waals surface area contributed by atoms with Gasteiger partial charge in [0.15, 0.2) is 0 Å². The lowest BCUT2D eigenvalue weighted by atomic mass is 9.77. The van der Waals surface area contributed by atoms with Crippen LogP contribution in [0.2, 0.25) is 0 Å². The van der Waals surface area contributed by atoms with E-state index in [-0.39, 0.29) is 18.0 Å². The summed E-state index contributed by atoms with van der Waals surface area (Å²) in [5, 5.41) is 0. The summed E-state index contributed by atoms with van der Waals surface area (Å²) >= 11 is 0. The second-order valence-corrected chi connectivity index (χ2v) is 9.59. The Morgan fingerprint density at radius 1 is 0.793 bits per heavy atom. The highest BCUT2D eigenvalue weighted by Crippen LogP contribution is 2.40. The molecular formula is C27H42O2. The molecule has 1 aliphatic carbocycles. The van der Waals surface area contributed by atoms with Gasteiger partial charge in [-0.25, -0.2) is 0 Å². The monoisotopic (exact) mass is 398 g/mol. The van der Waals surface area contributed by atoms with Crippen LogP contribution in [0.1, 0.15) is 127 Å². The van der Waals surface area contributed by atoms with Crippen LogP contribution in [-0.2, 0) is 9.53 Å². The molecule has 2 aliphatic rings. The van der Waals surface area contributed by atoms with Crippen molar-refractivity contribution < 1.29 is 9.53 Å². The molecule has 0 spiro atoms. The topological polar surface area (TPSA) is 26.3 Å². The van der Waals surface area contributed by atoms with Crippen LogP contribution in [0.5, 0.6) is 0 Å². The third-order valence-electron chi connectivity index (χ3n) is 7.34. The number of cyclic esters (lactones) is 1. The summed E-state index contributed by atoms with van der Waals surface area (Å²) < 4.78 is 5.68. The molecule has 2 unspecified atom stereocenters. The molecule has 0 aromatic heterocycles. The largest absolute Gasteiger partial charge is 0.457 e. The molecule has 0 bridgehead atoms. The van der Waals surface area contributed by atoms with Gasteiger partial charge in [0.2, 0.25) is 0 Å². The second kappa shape index (κ2) is 11.8. The Bertz CT molecular complexity index is 597. The van der Waals surface area contributed by atoms with Crippen molar-refractivity contribution in [1.29, 1.82) is 0 Å². The number of carbonyl (C=O) groups is 1. The second-order valence-electron chi connectivity index (χ2n) is 9.59. The van der Waals surface area contributed by atoms with E-state index < -0.39 is 0 Å². The van der Waals surface area contributed by atoms with Crippen LogP contribution in [0, 0.1) is 11.8 Å². The molecule has 1 aromatic rings. The summed E-state index contributed by atoms with van der Waals surface area (Å²) in [6.45, 7) is 4.47. The number of hydrogen-bond acceptors (Lipinski definition) is 2. The number of benzene rings is 1. The maximum absolute atomic E-state index is 12.1. The van der Waals surface area contributed by atoms with E-state index in [0.717, 1.165) is 37.5 Å². The Morgan fingerprint density at radius 3 is 2.14 bits per heavy atom. The van der Waals surface area contributed by atoms with Crippen molar-refractivity contribution in [3.8, 4) is 0 Å². The van der Waals surface area contributed by atoms with Crippen molar-refractivity contribution >= 4 is 5.97 Å². The van der Waals surface area contributed by atoms with Crippen molar-refractivity contribution in [2.45, 2.75) is 116 Å². The fourth-order valence-electron chi connectivity index (χ4n) is 5.33. The normalized spacial score (nSPS) is 27.2. The number of esters is 1. The minimum absolute atomic E-state index is 0.0144. The molecule has 1 aromatic carbocycles. The van der Waals surface area contributed by atoms with Gasteiger partial charge in [-0.3, -0.25) is 4.79 Å². The highest BCUT2D eigenvalue weighted by atomic mass is 16.5. The van der Waals surface area contributed by atoms with Crippen molar-refractivity contribution in [1.82, 2.24) is 0 Å². The molecule has 2 atom stereocenters. The van der Waals surface area contributed by atoms with Gasteiger partial charge in [-0.15, -0.1) is 0 Å². The lowest BCUT2D eigenvalue weighted by Gasteiger charge is -2.29. The molecule has 0 N–H and O–H groups in total. The zero-order valence-electron chi connectivity index (χ0n) is 18.8. The molecule has 0 amide bonds. The SMILES string of the molecule is CCCCCCCC1CCC(c2ccc(C3CC(CCCC)C(=O)O3)cc2)CC1. The molecule has 162 valence electrons. The van der Waals surface area contributed by atoms with Crippen LogP contribution < -0.4 is 0 Å². The first-order valence-corrected chi connectivity index (χ1v) is 12.5. The van der Waals surface area contributed by atoms with Gasteiger partial charge in [-0.05, 0) is 55.1 Å². The van der Waals surface area contributed by atoms with Gasteiger partial charge < -0.3 is 4.74 Å². The lowest BCUT2D eigenvalue weighted by molar-refractivity contribution is -0.144. The quantitative estimate of drug-likeness (QED) is 0.278. The van der Waals surface area contributed by atoms with E-state index in [1.807, 2.05) is 0 Å². The molecule has 2 fully saturated rings. The highest BCUT2D eigenvalue weighted by molar-refractivity contribution is 5.74. The standard InChI is InChI=1S/C27H42O2/c1-3-5-7-8-9-10-21-12-14-22(15-13-21)23-16-18-24(19-17-23)26-20-25(11-6-4-2)27(28)29-26/h16-19,21-22,25-26H,3-15,20H2,1-2H3. The van der Waals surface area contributed by atoms with Crippen LogP contribution in [0.15, 0.2) is 24.3 Å². The molecule has 2 heteroatoms. The molecule has 2 nitrogen and oxygen atoms in total. The van der Waals surface area contributed by atoms with Crippen molar-refractivity contribution in [3.63, 3.8) is 0 Å². The van der Waals surface area contributed by atoms with Crippen molar-refractivity contribution in [2.75, 3.05) is 0 Å². The lowest BCUT2D eigenvalue weighted by Crippen LogP contribution is -2.13. The fourth-order valence-corrected chi connectivity index (χ4v) is 5.33. The van der Waals surface area contributed by atoms with Gasteiger partial charge >= 0.3 is 5.97 Å². The highest BCUT2D eigenvalue weighted by Gasteiger charge is 2.34. The van der Waals surface area contributed by atoms with Crippen LogP contribution >= 0.6 is 0 Å². The van der Waals surface area contributed by atoms with Crippen LogP contribution in [-0.4, -0.2) is 5.97 Å². The van der Waals surface area contributed by atoms with E-state index in [0.29, 0.717) is 0 Å². The predicted octanol–water partition coefficient (Wildman–Crippen LogP) is 8.12. The van der Waals surface area contributed by atoms with Gasteiger partial charge in [0.05, 0.1) is 5.92 Å². The summed E-state index contributed by atoms with van der Waals surface area (Å²) in [5.74, 6) is 1.81. The maximum atomic E-state index is 12.1. The van der Waals surface area contributed by atoms with Crippen LogP contribution in [0.4, 0.5) is 0 Å². The van der Waals surface area contributed by atoms with E-state index in [1.54, 1.807) is 0 Å². The van der Waals surface area contributed by atoms with E-state index in [9.17, 15) is 4.79 Å². The van der Waals surface area contributed by atoms with Gasteiger partial charge in [0.25, 0.3) is 0 Å². The fraction of sp³-hybridized carbons (Fsp3) is 0.741. The average Bonchev–Trinajstić information content (AvgIpc) is 3.13. The molecule has 0 radical (unpaired) electrons. The molecule has 29 heavy (non-hydrogen) atoms. The maximum Gasteiger partial charge on any atom is 0.309 e. The number of rotatable bonds is 11. The van der Waals surface area contributed by atoms with Gasteiger partial charge in [0, 0.05) is 6.42 Å². The Labute approximate surface area is 178 Å². The Morgan fingerprint density at radius 2 is 1.45 bits per heavy atom. The first kappa shape index (κ1) is 22.4. The summed E-state index contributed by atoms with van der Waals surface area (Å²) in [6.07, 6.45) is 18.0.